The number of benzene rings is 1. The maximum absolute atomic E-state index is 10.4. The van der Waals surface area contributed by atoms with Crippen molar-refractivity contribution in [1.82, 2.24) is 15.2 Å². The summed E-state index contributed by atoms with van der Waals surface area (Å²) in [5, 5.41) is 13.9. The first-order valence-electron chi connectivity index (χ1n) is 8.80. The van der Waals surface area contributed by atoms with Gasteiger partial charge in [-0.3, -0.25) is 9.88 Å². The molecule has 1 aliphatic rings. The highest BCUT2D eigenvalue weighted by atomic mass is 16.3. The van der Waals surface area contributed by atoms with Crippen LogP contribution in [0.4, 0.5) is 0 Å². The topological polar surface area (TPSA) is 48.4 Å². The Hall–Kier alpha value is -1.75. The first kappa shape index (κ1) is 17.1. The minimum Gasteiger partial charge on any atom is -0.387 e. The van der Waals surface area contributed by atoms with Crippen molar-refractivity contribution in [3.8, 4) is 0 Å². The third kappa shape index (κ3) is 4.63. The molecule has 4 nitrogen and oxygen atoms in total. The maximum atomic E-state index is 10.4. The van der Waals surface area contributed by atoms with E-state index in [0.717, 1.165) is 43.6 Å². The third-order valence-corrected chi connectivity index (χ3v) is 4.89. The zero-order valence-electron chi connectivity index (χ0n) is 14.4. The molecule has 2 N–H and O–H groups in total. The summed E-state index contributed by atoms with van der Waals surface area (Å²) in [7, 11) is 0. The van der Waals surface area contributed by atoms with Crippen molar-refractivity contribution in [3.05, 3.63) is 65.5 Å². The fourth-order valence-electron chi connectivity index (χ4n) is 3.39. The average Bonchev–Trinajstić information content (AvgIpc) is 2.62. The van der Waals surface area contributed by atoms with Crippen molar-refractivity contribution in [2.75, 3.05) is 19.6 Å². The second-order valence-corrected chi connectivity index (χ2v) is 6.69. The van der Waals surface area contributed by atoms with Crippen molar-refractivity contribution >= 4 is 0 Å². The molecular weight excluding hydrogens is 298 g/mol. The van der Waals surface area contributed by atoms with Crippen LogP contribution in [0.5, 0.6) is 0 Å². The molecule has 2 aromatic rings. The molecule has 3 rings (SSSR count). The smallest absolute Gasteiger partial charge is 0.0917 e. The van der Waals surface area contributed by atoms with E-state index in [2.05, 4.69) is 40.3 Å². The quantitative estimate of drug-likeness (QED) is 0.857. The standard InChI is InChI=1S/C20H27N3O/c1-16-4-2-3-5-19(16)20(24)14-22-18-8-12-23(13-9-18)15-17-6-10-21-11-7-17/h2-7,10-11,18,20,22,24H,8-9,12-15H2,1H3. The number of nitrogens with one attached hydrogen (secondary N) is 1. The van der Waals surface area contributed by atoms with Crippen LogP contribution < -0.4 is 5.32 Å². The molecule has 1 aromatic carbocycles. The normalized spacial score (nSPS) is 17.8. The van der Waals surface area contributed by atoms with Crippen molar-refractivity contribution in [2.45, 2.75) is 38.5 Å². The van der Waals surface area contributed by atoms with E-state index in [9.17, 15) is 5.11 Å². The molecule has 0 aliphatic carbocycles. The summed E-state index contributed by atoms with van der Waals surface area (Å²) in [6, 6.07) is 12.7. The number of aliphatic hydroxyl groups excluding tert-OH is 1. The maximum Gasteiger partial charge on any atom is 0.0917 e. The highest BCUT2D eigenvalue weighted by Crippen LogP contribution is 2.18. The van der Waals surface area contributed by atoms with E-state index in [1.165, 1.54) is 5.56 Å². The fourth-order valence-corrected chi connectivity index (χ4v) is 3.39. The van der Waals surface area contributed by atoms with Gasteiger partial charge >= 0.3 is 0 Å². The van der Waals surface area contributed by atoms with Crippen LogP contribution in [-0.4, -0.2) is 40.7 Å². The van der Waals surface area contributed by atoms with Crippen molar-refractivity contribution in [3.63, 3.8) is 0 Å². The summed E-state index contributed by atoms with van der Waals surface area (Å²) < 4.78 is 0. The van der Waals surface area contributed by atoms with Crippen LogP contribution in [0.1, 0.15) is 35.6 Å². The van der Waals surface area contributed by atoms with Crippen molar-refractivity contribution < 1.29 is 5.11 Å². The second-order valence-electron chi connectivity index (χ2n) is 6.69. The molecule has 0 amide bonds. The Bertz CT molecular complexity index is 624. The van der Waals surface area contributed by atoms with E-state index < -0.39 is 6.10 Å². The fraction of sp³-hybridized carbons (Fsp3) is 0.450. The molecule has 1 aromatic heterocycles. The predicted octanol–water partition coefficient (Wildman–Crippen LogP) is 2.68. The minimum atomic E-state index is -0.430. The summed E-state index contributed by atoms with van der Waals surface area (Å²) in [6.45, 7) is 5.87. The molecule has 0 spiro atoms. The van der Waals surface area contributed by atoms with Gasteiger partial charge in [-0.1, -0.05) is 24.3 Å². The Balaban J connectivity index is 1.42. The number of rotatable bonds is 6. The van der Waals surface area contributed by atoms with E-state index in [-0.39, 0.29) is 0 Å². The number of pyridine rings is 1. The molecular formula is C20H27N3O. The lowest BCUT2D eigenvalue weighted by Gasteiger charge is -2.33. The summed E-state index contributed by atoms with van der Waals surface area (Å²) in [6.07, 6.45) is 5.55. The Morgan fingerprint density at radius 2 is 1.88 bits per heavy atom. The molecule has 0 radical (unpaired) electrons. The van der Waals surface area contributed by atoms with Gasteiger partial charge in [0.25, 0.3) is 0 Å². The SMILES string of the molecule is Cc1ccccc1C(O)CNC1CCN(Cc2ccncc2)CC1. The molecule has 0 saturated carbocycles. The van der Waals surface area contributed by atoms with Crippen LogP contribution in [0.3, 0.4) is 0 Å². The first-order valence-corrected chi connectivity index (χ1v) is 8.80. The lowest BCUT2D eigenvalue weighted by atomic mass is 10.0. The van der Waals surface area contributed by atoms with Gasteiger partial charge in [0.2, 0.25) is 0 Å². The van der Waals surface area contributed by atoms with Crippen molar-refractivity contribution in [1.29, 1.82) is 0 Å². The first-order chi connectivity index (χ1) is 11.7. The number of piperidine rings is 1. The van der Waals surface area contributed by atoms with Gasteiger partial charge in [0.1, 0.15) is 0 Å². The molecule has 4 heteroatoms. The molecule has 1 atom stereocenters. The van der Waals surface area contributed by atoms with E-state index >= 15 is 0 Å². The van der Waals surface area contributed by atoms with Crippen LogP contribution >= 0.6 is 0 Å². The third-order valence-electron chi connectivity index (χ3n) is 4.89. The number of hydrogen-bond acceptors (Lipinski definition) is 4. The molecule has 1 fully saturated rings. The molecule has 1 aliphatic heterocycles. The van der Waals surface area contributed by atoms with Gasteiger partial charge in [0.05, 0.1) is 6.10 Å². The molecule has 1 unspecified atom stereocenters. The van der Waals surface area contributed by atoms with Gasteiger partial charge < -0.3 is 10.4 Å². The predicted molar refractivity (Wildman–Crippen MR) is 96.7 cm³/mol. The lowest BCUT2D eigenvalue weighted by molar-refractivity contribution is 0.149. The largest absolute Gasteiger partial charge is 0.387 e. The summed E-state index contributed by atoms with van der Waals surface area (Å²) in [5.74, 6) is 0. The zero-order valence-corrected chi connectivity index (χ0v) is 14.4. The van der Waals surface area contributed by atoms with Crippen LogP contribution in [0, 0.1) is 6.92 Å². The zero-order chi connectivity index (χ0) is 16.8. The van der Waals surface area contributed by atoms with Crippen LogP contribution in [0.2, 0.25) is 0 Å². The lowest BCUT2D eigenvalue weighted by Crippen LogP contribution is -2.43. The Morgan fingerprint density at radius 1 is 1.17 bits per heavy atom. The van der Waals surface area contributed by atoms with E-state index in [0.29, 0.717) is 12.6 Å². The van der Waals surface area contributed by atoms with E-state index in [1.54, 1.807) is 0 Å². The molecule has 1 saturated heterocycles. The van der Waals surface area contributed by atoms with E-state index in [1.807, 2.05) is 30.6 Å². The monoisotopic (exact) mass is 325 g/mol. The number of aryl methyl sites for hydroxylation is 1. The Labute approximate surface area is 144 Å². The van der Waals surface area contributed by atoms with Gasteiger partial charge in [-0.05, 0) is 61.7 Å². The van der Waals surface area contributed by atoms with Gasteiger partial charge in [-0.2, -0.15) is 0 Å². The number of nitrogens with zero attached hydrogens (tertiary/aromatic N) is 2. The summed E-state index contributed by atoms with van der Waals surface area (Å²) >= 11 is 0. The highest BCUT2D eigenvalue weighted by Gasteiger charge is 2.20. The van der Waals surface area contributed by atoms with E-state index in [4.69, 9.17) is 0 Å². The molecule has 24 heavy (non-hydrogen) atoms. The minimum absolute atomic E-state index is 0.430. The van der Waals surface area contributed by atoms with Crippen LogP contribution in [-0.2, 0) is 6.54 Å². The number of hydrogen-bond donors (Lipinski definition) is 2. The van der Waals surface area contributed by atoms with Crippen molar-refractivity contribution in [2.24, 2.45) is 0 Å². The van der Waals surface area contributed by atoms with Crippen LogP contribution in [0.25, 0.3) is 0 Å². The number of likely N-dealkylation sites (tertiary alicyclic amines) is 1. The Morgan fingerprint density at radius 3 is 2.58 bits per heavy atom. The number of aromatic nitrogens is 1. The molecule has 128 valence electrons. The summed E-state index contributed by atoms with van der Waals surface area (Å²) in [4.78, 5) is 6.56. The summed E-state index contributed by atoms with van der Waals surface area (Å²) in [5.41, 5.74) is 3.51. The molecule has 2 heterocycles. The van der Waals surface area contributed by atoms with Crippen LogP contribution in [0.15, 0.2) is 48.8 Å². The Kier molecular flexibility index (Phi) is 5.96. The van der Waals surface area contributed by atoms with Gasteiger partial charge in [-0.25, -0.2) is 0 Å². The average molecular weight is 325 g/mol. The van der Waals surface area contributed by atoms with Gasteiger partial charge in [-0.15, -0.1) is 0 Å². The molecule has 0 bridgehead atoms. The second kappa shape index (κ2) is 8.38. The van der Waals surface area contributed by atoms with Gasteiger partial charge in [0.15, 0.2) is 0 Å². The highest BCUT2D eigenvalue weighted by molar-refractivity contribution is 5.27. The van der Waals surface area contributed by atoms with Gasteiger partial charge in [0, 0.05) is 31.5 Å². The number of aliphatic hydroxyl groups is 1.